The molecule has 0 saturated heterocycles. The van der Waals surface area contributed by atoms with Crippen LogP contribution < -0.4 is 4.74 Å². The first-order valence-electron chi connectivity index (χ1n) is 5.57. The zero-order valence-electron chi connectivity index (χ0n) is 10.00. The van der Waals surface area contributed by atoms with Gasteiger partial charge in [-0.15, -0.1) is 0 Å². The summed E-state index contributed by atoms with van der Waals surface area (Å²) >= 11 is 0. The Morgan fingerprint density at radius 1 is 1.33 bits per heavy atom. The molecule has 0 radical (unpaired) electrons. The molecule has 18 heavy (non-hydrogen) atoms. The monoisotopic (exact) mass is 243 g/mol. The van der Waals surface area contributed by atoms with Gasteiger partial charge in [-0.1, -0.05) is 12.1 Å². The predicted molar refractivity (Wildman–Crippen MR) is 66.3 cm³/mol. The van der Waals surface area contributed by atoms with E-state index in [0.29, 0.717) is 6.42 Å². The number of ether oxygens (including phenoxy) is 1. The first kappa shape index (κ1) is 12.1. The van der Waals surface area contributed by atoms with Crippen molar-refractivity contribution in [1.82, 2.24) is 0 Å². The average molecular weight is 243 g/mol. The Kier molecular flexibility index (Phi) is 3.94. The number of benzene rings is 1. The van der Waals surface area contributed by atoms with E-state index in [1.165, 1.54) is 0 Å². The summed E-state index contributed by atoms with van der Waals surface area (Å²) in [5, 5.41) is 0. The normalized spacial score (nSPS) is 11.6. The van der Waals surface area contributed by atoms with Gasteiger partial charge in [-0.3, -0.25) is 0 Å². The van der Waals surface area contributed by atoms with Crippen LogP contribution in [-0.2, 0) is 11.2 Å². The molecule has 0 saturated carbocycles. The molecule has 0 spiro atoms. The van der Waals surface area contributed by atoms with Crippen molar-refractivity contribution in [2.24, 2.45) is 4.99 Å². The minimum atomic E-state index is -0.278. The van der Waals surface area contributed by atoms with Crippen LogP contribution in [0.4, 0.5) is 0 Å². The topological polar surface area (TPSA) is 51.8 Å². The zero-order valence-corrected chi connectivity index (χ0v) is 10.00. The van der Waals surface area contributed by atoms with E-state index < -0.39 is 0 Å². The van der Waals surface area contributed by atoms with Crippen molar-refractivity contribution in [3.05, 3.63) is 54.0 Å². The lowest BCUT2D eigenvalue weighted by Crippen LogP contribution is -1.99. The van der Waals surface area contributed by atoms with Crippen LogP contribution in [0.5, 0.6) is 5.75 Å². The summed E-state index contributed by atoms with van der Waals surface area (Å²) in [4.78, 5) is 14.3. The molecule has 0 fully saturated rings. The third-order valence-corrected chi connectivity index (χ3v) is 2.68. The highest BCUT2D eigenvalue weighted by molar-refractivity contribution is 5.37. The molecule has 1 heterocycles. The van der Waals surface area contributed by atoms with Crippen LogP contribution >= 0.6 is 0 Å². The lowest BCUT2D eigenvalue weighted by atomic mass is 10.0. The van der Waals surface area contributed by atoms with Crippen molar-refractivity contribution in [3.63, 3.8) is 0 Å². The maximum Gasteiger partial charge on any atom is 0.235 e. The summed E-state index contributed by atoms with van der Waals surface area (Å²) < 4.78 is 10.4. The summed E-state index contributed by atoms with van der Waals surface area (Å²) in [6, 6.07) is 10.8. The van der Waals surface area contributed by atoms with Crippen molar-refractivity contribution in [2.45, 2.75) is 12.5 Å². The highest BCUT2D eigenvalue weighted by Gasteiger charge is 2.12. The van der Waals surface area contributed by atoms with E-state index in [4.69, 9.17) is 9.15 Å². The Bertz CT molecular complexity index is 525. The van der Waals surface area contributed by atoms with Gasteiger partial charge >= 0.3 is 0 Å². The van der Waals surface area contributed by atoms with Crippen LogP contribution in [0.3, 0.4) is 0 Å². The number of rotatable bonds is 5. The number of isocyanates is 1. The summed E-state index contributed by atoms with van der Waals surface area (Å²) in [5.74, 6) is 1.56. The van der Waals surface area contributed by atoms with Crippen LogP contribution in [0.25, 0.3) is 0 Å². The van der Waals surface area contributed by atoms with Gasteiger partial charge in [0.2, 0.25) is 6.08 Å². The van der Waals surface area contributed by atoms with Crippen LogP contribution in [-0.4, -0.2) is 13.2 Å². The van der Waals surface area contributed by atoms with E-state index in [0.717, 1.165) is 17.1 Å². The largest absolute Gasteiger partial charge is 0.497 e. The second-order valence-corrected chi connectivity index (χ2v) is 3.79. The number of hydrogen-bond donors (Lipinski definition) is 0. The molecule has 1 aromatic heterocycles. The fourth-order valence-electron chi connectivity index (χ4n) is 1.75. The highest BCUT2D eigenvalue weighted by atomic mass is 16.5. The zero-order chi connectivity index (χ0) is 12.8. The maximum absolute atomic E-state index is 10.5. The van der Waals surface area contributed by atoms with Gasteiger partial charge in [-0.2, -0.15) is 4.99 Å². The molecule has 92 valence electrons. The van der Waals surface area contributed by atoms with E-state index in [-0.39, 0.29) is 6.04 Å². The molecule has 2 rings (SSSR count). The number of nitrogens with zero attached hydrogens (tertiary/aromatic N) is 1. The summed E-state index contributed by atoms with van der Waals surface area (Å²) in [5.41, 5.74) is 0.926. The van der Waals surface area contributed by atoms with Gasteiger partial charge in [-0.05, 0) is 29.8 Å². The van der Waals surface area contributed by atoms with Gasteiger partial charge in [0.1, 0.15) is 11.5 Å². The van der Waals surface area contributed by atoms with Gasteiger partial charge in [0.25, 0.3) is 0 Å². The Hall–Kier alpha value is -2.32. The smallest absolute Gasteiger partial charge is 0.235 e. The van der Waals surface area contributed by atoms with Crippen LogP contribution in [0.1, 0.15) is 17.4 Å². The number of carbonyl (C=O) groups excluding carboxylic acids is 1. The fraction of sp³-hybridized carbons (Fsp3) is 0.214. The molecule has 1 atom stereocenters. The standard InChI is InChI=1S/C14H13NO3/c1-17-12-6-4-11(5-7-12)14(15-10-16)9-13-3-2-8-18-13/h2-8,14H,9H2,1H3. The molecule has 1 unspecified atom stereocenters. The van der Waals surface area contributed by atoms with Gasteiger partial charge in [-0.25, -0.2) is 4.79 Å². The molecular weight excluding hydrogens is 230 g/mol. The predicted octanol–water partition coefficient (Wildman–Crippen LogP) is 2.91. The Balaban J connectivity index is 2.20. The number of methoxy groups -OCH3 is 1. The van der Waals surface area contributed by atoms with E-state index in [1.54, 1.807) is 19.5 Å². The van der Waals surface area contributed by atoms with Crippen molar-refractivity contribution < 1.29 is 13.9 Å². The molecule has 0 aliphatic heterocycles. The summed E-state index contributed by atoms with van der Waals surface area (Å²) in [6.45, 7) is 0. The molecule has 0 aliphatic carbocycles. The molecule has 4 heteroatoms. The fourth-order valence-corrected chi connectivity index (χ4v) is 1.75. The molecule has 2 aromatic rings. The Morgan fingerprint density at radius 3 is 2.67 bits per heavy atom. The second-order valence-electron chi connectivity index (χ2n) is 3.79. The van der Waals surface area contributed by atoms with Gasteiger partial charge in [0, 0.05) is 6.42 Å². The maximum atomic E-state index is 10.5. The third-order valence-electron chi connectivity index (χ3n) is 2.68. The Morgan fingerprint density at radius 2 is 2.11 bits per heavy atom. The van der Waals surface area contributed by atoms with Crippen LogP contribution in [0, 0.1) is 0 Å². The first-order valence-corrected chi connectivity index (χ1v) is 5.57. The molecule has 0 amide bonds. The van der Waals surface area contributed by atoms with E-state index >= 15 is 0 Å². The SMILES string of the molecule is COc1ccc(C(Cc2ccco2)N=C=O)cc1. The molecule has 4 nitrogen and oxygen atoms in total. The van der Waals surface area contributed by atoms with Crippen molar-refractivity contribution in [3.8, 4) is 5.75 Å². The summed E-state index contributed by atoms with van der Waals surface area (Å²) in [7, 11) is 1.61. The third kappa shape index (κ3) is 2.87. The van der Waals surface area contributed by atoms with Crippen molar-refractivity contribution in [1.29, 1.82) is 0 Å². The Labute approximate surface area is 105 Å². The van der Waals surface area contributed by atoms with E-state index in [1.807, 2.05) is 36.4 Å². The molecule has 1 aromatic carbocycles. The second kappa shape index (κ2) is 5.84. The van der Waals surface area contributed by atoms with Crippen LogP contribution in [0.15, 0.2) is 52.1 Å². The lowest BCUT2D eigenvalue weighted by Gasteiger charge is -2.10. The molecule has 0 N–H and O–H groups in total. The minimum absolute atomic E-state index is 0.278. The number of aliphatic imine (C=N–C) groups is 1. The highest BCUT2D eigenvalue weighted by Crippen LogP contribution is 2.24. The molecular formula is C14H13NO3. The van der Waals surface area contributed by atoms with Gasteiger partial charge in [0.05, 0.1) is 19.4 Å². The summed E-state index contributed by atoms with van der Waals surface area (Å²) in [6.07, 6.45) is 3.75. The first-order chi connectivity index (χ1) is 8.83. The quantitative estimate of drug-likeness (QED) is 0.599. The number of hydrogen-bond acceptors (Lipinski definition) is 4. The van der Waals surface area contributed by atoms with Crippen LogP contribution in [0.2, 0.25) is 0 Å². The van der Waals surface area contributed by atoms with Crippen molar-refractivity contribution >= 4 is 6.08 Å². The van der Waals surface area contributed by atoms with E-state index in [2.05, 4.69) is 4.99 Å². The minimum Gasteiger partial charge on any atom is -0.497 e. The number of furan rings is 1. The molecule has 0 bridgehead atoms. The average Bonchev–Trinajstić information content (AvgIpc) is 2.91. The van der Waals surface area contributed by atoms with Gasteiger partial charge < -0.3 is 9.15 Å². The van der Waals surface area contributed by atoms with Gasteiger partial charge in [0.15, 0.2) is 0 Å². The lowest BCUT2D eigenvalue weighted by molar-refractivity contribution is 0.414. The molecule has 0 aliphatic rings. The van der Waals surface area contributed by atoms with E-state index in [9.17, 15) is 4.79 Å². The van der Waals surface area contributed by atoms with Crippen molar-refractivity contribution in [2.75, 3.05) is 7.11 Å².